The van der Waals surface area contributed by atoms with Gasteiger partial charge in [0.2, 0.25) is 0 Å². The molecule has 1 amide bonds. The van der Waals surface area contributed by atoms with Gasteiger partial charge in [-0.3, -0.25) is 4.79 Å². The van der Waals surface area contributed by atoms with Crippen molar-refractivity contribution >= 4 is 50.1 Å². The van der Waals surface area contributed by atoms with Crippen LogP contribution in [0.4, 0.5) is 5.69 Å². The Bertz CT molecular complexity index is 591. The van der Waals surface area contributed by atoms with Crippen molar-refractivity contribution < 1.29 is 9.32 Å². The van der Waals surface area contributed by atoms with Crippen LogP contribution in [0.3, 0.4) is 0 Å². The predicted octanol–water partition coefficient (Wildman–Crippen LogP) is 3.91. The molecule has 1 N–H and O–H groups in total. The molecule has 0 saturated carbocycles. The van der Waals surface area contributed by atoms with Crippen LogP contribution in [-0.2, 0) is 0 Å². The van der Waals surface area contributed by atoms with Gasteiger partial charge in [0.25, 0.3) is 5.91 Å². The van der Waals surface area contributed by atoms with Crippen LogP contribution in [0.1, 0.15) is 21.8 Å². The molecule has 0 unspecified atom stereocenters. The van der Waals surface area contributed by atoms with E-state index in [9.17, 15) is 4.79 Å². The summed E-state index contributed by atoms with van der Waals surface area (Å²) in [6.45, 7) is 3.47. The minimum absolute atomic E-state index is 0.204. The van der Waals surface area contributed by atoms with Crippen LogP contribution in [0.15, 0.2) is 27.2 Å². The SMILES string of the molecule is Cc1noc(C)c1C(=O)Nc1ccc(Br)c(I)c1. The van der Waals surface area contributed by atoms with Crippen LogP contribution in [0.5, 0.6) is 0 Å². The summed E-state index contributed by atoms with van der Waals surface area (Å²) in [6.07, 6.45) is 0. The number of aryl methyl sites for hydroxylation is 2. The predicted molar refractivity (Wildman–Crippen MR) is 80.8 cm³/mol. The third-order valence-corrected chi connectivity index (χ3v) is 4.76. The maximum Gasteiger partial charge on any atom is 0.261 e. The van der Waals surface area contributed by atoms with Gasteiger partial charge in [0, 0.05) is 13.7 Å². The summed E-state index contributed by atoms with van der Waals surface area (Å²) in [6, 6.07) is 5.62. The number of hydrogen-bond donors (Lipinski definition) is 1. The van der Waals surface area contributed by atoms with Gasteiger partial charge in [-0.25, -0.2) is 0 Å². The lowest BCUT2D eigenvalue weighted by Crippen LogP contribution is -2.13. The van der Waals surface area contributed by atoms with Gasteiger partial charge in [-0.2, -0.15) is 0 Å². The van der Waals surface area contributed by atoms with Crippen molar-refractivity contribution in [2.75, 3.05) is 5.32 Å². The topological polar surface area (TPSA) is 55.1 Å². The monoisotopic (exact) mass is 420 g/mol. The highest BCUT2D eigenvalue weighted by atomic mass is 127. The van der Waals surface area contributed by atoms with Crippen LogP contribution in [0.25, 0.3) is 0 Å². The number of carbonyl (C=O) groups excluding carboxylic acids is 1. The molecule has 0 aliphatic rings. The van der Waals surface area contributed by atoms with Gasteiger partial charge in [0.1, 0.15) is 11.3 Å². The van der Waals surface area contributed by atoms with Crippen molar-refractivity contribution in [3.63, 3.8) is 0 Å². The summed E-state index contributed by atoms with van der Waals surface area (Å²) in [4.78, 5) is 12.1. The fraction of sp³-hybridized carbons (Fsp3) is 0.167. The first-order valence-electron chi connectivity index (χ1n) is 5.18. The Morgan fingerprint density at radius 3 is 2.72 bits per heavy atom. The molecule has 0 aliphatic heterocycles. The van der Waals surface area contributed by atoms with Crippen LogP contribution >= 0.6 is 38.5 Å². The molecule has 2 rings (SSSR count). The molecule has 4 nitrogen and oxygen atoms in total. The zero-order valence-corrected chi connectivity index (χ0v) is 13.5. The normalized spacial score (nSPS) is 10.4. The Labute approximate surface area is 126 Å². The van der Waals surface area contributed by atoms with Gasteiger partial charge in [0.15, 0.2) is 0 Å². The number of hydrogen-bond acceptors (Lipinski definition) is 3. The highest BCUT2D eigenvalue weighted by Gasteiger charge is 2.17. The first-order chi connectivity index (χ1) is 8.49. The maximum atomic E-state index is 12.1. The summed E-state index contributed by atoms with van der Waals surface area (Å²) < 4.78 is 7.01. The molecular weight excluding hydrogens is 411 g/mol. The zero-order chi connectivity index (χ0) is 13.3. The molecule has 1 aromatic carbocycles. The van der Waals surface area contributed by atoms with Crippen LogP contribution in [0, 0.1) is 17.4 Å². The van der Waals surface area contributed by atoms with E-state index in [4.69, 9.17) is 4.52 Å². The van der Waals surface area contributed by atoms with E-state index in [1.54, 1.807) is 13.8 Å². The Hall–Kier alpha value is -0.890. The Kier molecular flexibility index (Phi) is 4.06. The van der Waals surface area contributed by atoms with E-state index in [2.05, 4.69) is 49.0 Å². The van der Waals surface area contributed by atoms with E-state index in [1.807, 2.05) is 18.2 Å². The average Bonchev–Trinajstić information content (AvgIpc) is 2.64. The molecule has 0 radical (unpaired) electrons. The smallest absolute Gasteiger partial charge is 0.261 e. The number of nitrogens with zero attached hydrogens (tertiary/aromatic N) is 1. The third-order valence-electron chi connectivity index (χ3n) is 2.44. The van der Waals surface area contributed by atoms with E-state index in [-0.39, 0.29) is 5.91 Å². The molecule has 94 valence electrons. The number of nitrogens with one attached hydrogen (secondary N) is 1. The van der Waals surface area contributed by atoms with Crippen LogP contribution < -0.4 is 5.32 Å². The lowest BCUT2D eigenvalue weighted by molar-refractivity contribution is 0.102. The molecular formula is C12H10BrIN2O2. The summed E-state index contributed by atoms with van der Waals surface area (Å²) >= 11 is 5.61. The Morgan fingerprint density at radius 2 is 2.17 bits per heavy atom. The number of aromatic nitrogens is 1. The van der Waals surface area contributed by atoms with Crippen LogP contribution in [0.2, 0.25) is 0 Å². The van der Waals surface area contributed by atoms with E-state index in [0.29, 0.717) is 17.0 Å². The van der Waals surface area contributed by atoms with Gasteiger partial charge >= 0.3 is 0 Å². The molecule has 0 bridgehead atoms. The largest absolute Gasteiger partial charge is 0.361 e. The van der Waals surface area contributed by atoms with Crippen molar-refractivity contribution in [3.05, 3.63) is 43.3 Å². The first kappa shape index (κ1) is 13.5. The molecule has 0 aliphatic carbocycles. The lowest BCUT2D eigenvalue weighted by Gasteiger charge is -2.06. The Balaban J connectivity index is 2.24. The standard InChI is InChI=1S/C12H10BrIN2O2/c1-6-11(7(2)18-16-6)12(17)15-8-3-4-9(13)10(14)5-8/h3-5H,1-2H3,(H,15,17). The average molecular weight is 421 g/mol. The van der Waals surface area contributed by atoms with Gasteiger partial charge in [-0.05, 0) is 70.6 Å². The molecule has 0 saturated heterocycles. The van der Waals surface area contributed by atoms with Gasteiger partial charge in [-0.1, -0.05) is 5.16 Å². The molecule has 2 aromatic rings. The highest BCUT2D eigenvalue weighted by molar-refractivity contribution is 14.1. The number of carbonyl (C=O) groups is 1. The van der Waals surface area contributed by atoms with Gasteiger partial charge in [-0.15, -0.1) is 0 Å². The van der Waals surface area contributed by atoms with Crippen LogP contribution in [-0.4, -0.2) is 11.1 Å². The second-order valence-corrected chi connectivity index (χ2v) is 5.80. The minimum atomic E-state index is -0.204. The second-order valence-electron chi connectivity index (χ2n) is 3.78. The van der Waals surface area contributed by atoms with Gasteiger partial charge in [0.05, 0.1) is 5.69 Å². The molecule has 0 fully saturated rings. The lowest BCUT2D eigenvalue weighted by atomic mass is 10.2. The summed E-state index contributed by atoms with van der Waals surface area (Å²) in [5.41, 5.74) is 1.83. The molecule has 0 atom stereocenters. The molecule has 6 heteroatoms. The fourth-order valence-electron chi connectivity index (χ4n) is 1.57. The minimum Gasteiger partial charge on any atom is -0.361 e. The van der Waals surface area contributed by atoms with E-state index < -0.39 is 0 Å². The molecule has 0 spiro atoms. The van der Waals surface area contributed by atoms with Crippen molar-refractivity contribution in [1.82, 2.24) is 5.16 Å². The Morgan fingerprint density at radius 1 is 1.44 bits per heavy atom. The third kappa shape index (κ3) is 2.74. The number of halogens is 2. The highest BCUT2D eigenvalue weighted by Crippen LogP contribution is 2.23. The summed E-state index contributed by atoms with van der Waals surface area (Å²) in [5, 5.41) is 6.60. The number of benzene rings is 1. The van der Waals surface area contributed by atoms with E-state index in [1.165, 1.54) is 0 Å². The summed E-state index contributed by atoms with van der Waals surface area (Å²) in [5.74, 6) is 0.321. The zero-order valence-electron chi connectivity index (χ0n) is 9.75. The first-order valence-corrected chi connectivity index (χ1v) is 7.05. The van der Waals surface area contributed by atoms with Gasteiger partial charge < -0.3 is 9.84 Å². The van der Waals surface area contributed by atoms with E-state index >= 15 is 0 Å². The van der Waals surface area contributed by atoms with Crippen molar-refractivity contribution in [2.45, 2.75) is 13.8 Å². The second kappa shape index (κ2) is 5.40. The quantitative estimate of drug-likeness (QED) is 0.749. The number of amides is 1. The molecule has 1 aromatic heterocycles. The van der Waals surface area contributed by atoms with Crippen molar-refractivity contribution in [2.24, 2.45) is 0 Å². The summed E-state index contributed by atoms with van der Waals surface area (Å²) in [7, 11) is 0. The maximum absolute atomic E-state index is 12.1. The number of anilines is 1. The molecule has 18 heavy (non-hydrogen) atoms. The van der Waals surface area contributed by atoms with Crippen molar-refractivity contribution in [3.8, 4) is 0 Å². The fourth-order valence-corrected chi connectivity index (χ4v) is 2.34. The molecule has 1 heterocycles. The van der Waals surface area contributed by atoms with Crippen molar-refractivity contribution in [1.29, 1.82) is 0 Å². The van der Waals surface area contributed by atoms with E-state index in [0.717, 1.165) is 13.7 Å². The number of rotatable bonds is 2.